The lowest BCUT2D eigenvalue weighted by molar-refractivity contribution is -0.120. The molecule has 0 heterocycles. The third-order valence-electron chi connectivity index (χ3n) is 8.63. The van der Waals surface area contributed by atoms with E-state index in [0.29, 0.717) is 35.9 Å². The Hall–Kier alpha value is -1.32. The number of rotatable bonds is 1. The fourth-order valence-corrected chi connectivity index (χ4v) is 7.21. The topological polar surface area (TPSA) is 52.6 Å². The molecule has 0 aromatic heterocycles. The van der Waals surface area contributed by atoms with Crippen molar-refractivity contribution >= 4 is 11.9 Å². The van der Waals surface area contributed by atoms with Gasteiger partial charge in [-0.3, -0.25) is 4.79 Å². The number of ketones is 1. The molecule has 26 heavy (non-hydrogen) atoms. The van der Waals surface area contributed by atoms with E-state index < -0.39 is 6.16 Å². The SMILES string of the molecule is COC(=O)O[C@H]1CCC2C3C(CC[C@@]21C)[C@@]1(C)CCC(=O)C=C1C[C@H]3C. The molecule has 0 aromatic rings. The van der Waals surface area contributed by atoms with Gasteiger partial charge >= 0.3 is 6.16 Å². The van der Waals surface area contributed by atoms with E-state index in [2.05, 4.69) is 20.8 Å². The van der Waals surface area contributed by atoms with E-state index in [4.69, 9.17) is 9.47 Å². The number of methoxy groups -OCH3 is 1. The van der Waals surface area contributed by atoms with Crippen molar-refractivity contribution in [1.29, 1.82) is 0 Å². The molecule has 4 nitrogen and oxygen atoms in total. The minimum Gasteiger partial charge on any atom is -0.438 e. The van der Waals surface area contributed by atoms with Crippen LogP contribution in [0.15, 0.2) is 11.6 Å². The maximum atomic E-state index is 12.0. The van der Waals surface area contributed by atoms with Crippen molar-refractivity contribution in [3.63, 3.8) is 0 Å². The highest BCUT2D eigenvalue weighted by Crippen LogP contribution is 2.66. The van der Waals surface area contributed by atoms with Crippen LogP contribution in [-0.2, 0) is 14.3 Å². The maximum Gasteiger partial charge on any atom is 0.508 e. The zero-order chi connectivity index (χ0) is 18.7. The molecule has 3 unspecified atom stereocenters. The summed E-state index contributed by atoms with van der Waals surface area (Å²) in [5.41, 5.74) is 1.66. The van der Waals surface area contributed by atoms with Crippen molar-refractivity contribution in [2.45, 2.75) is 71.8 Å². The van der Waals surface area contributed by atoms with Crippen molar-refractivity contribution in [3.05, 3.63) is 11.6 Å². The molecule has 0 bridgehead atoms. The van der Waals surface area contributed by atoms with Crippen LogP contribution in [0.2, 0.25) is 0 Å². The average molecular weight is 360 g/mol. The van der Waals surface area contributed by atoms with Crippen molar-refractivity contribution in [2.75, 3.05) is 7.11 Å². The van der Waals surface area contributed by atoms with Gasteiger partial charge in [0.05, 0.1) is 7.11 Å². The normalized spacial score (nSPS) is 47.3. The predicted molar refractivity (Wildman–Crippen MR) is 98.5 cm³/mol. The van der Waals surface area contributed by atoms with Crippen molar-refractivity contribution in [3.8, 4) is 0 Å². The Morgan fingerprint density at radius 2 is 1.92 bits per heavy atom. The summed E-state index contributed by atoms with van der Waals surface area (Å²) in [4.78, 5) is 23.7. The van der Waals surface area contributed by atoms with Gasteiger partial charge in [0.25, 0.3) is 0 Å². The van der Waals surface area contributed by atoms with Gasteiger partial charge in [-0.15, -0.1) is 0 Å². The first-order valence-corrected chi connectivity index (χ1v) is 10.3. The summed E-state index contributed by atoms with van der Waals surface area (Å²) in [5.74, 6) is 2.82. The summed E-state index contributed by atoms with van der Waals surface area (Å²) >= 11 is 0. The zero-order valence-corrected chi connectivity index (χ0v) is 16.5. The van der Waals surface area contributed by atoms with E-state index in [1.54, 1.807) is 0 Å². The molecule has 4 aliphatic carbocycles. The predicted octanol–water partition coefficient (Wildman–Crippen LogP) is 4.92. The fourth-order valence-electron chi connectivity index (χ4n) is 7.21. The first kappa shape index (κ1) is 18.1. The van der Waals surface area contributed by atoms with Crippen LogP contribution in [0.4, 0.5) is 4.79 Å². The van der Waals surface area contributed by atoms with Crippen LogP contribution in [0.5, 0.6) is 0 Å². The van der Waals surface area contributed by atoms with Gasteiger partial charge in [0, 0.05) is 11.8 Å². The van der Waals surface area contributed by atoms with Gasteiger partial charge in [-0.25, -0.2) is 4.79 Å². The number of carbonyl (C=O) groups is 2. The number of hydrogen-bond donors (Lipinski definition) is 0. The summed E-state index contributed by atoms with van der Waals surface area (Å²) in [7, 11) is 1.39. The second-order valence-electron chi connectivity index (χ2n) is 9.71. The zero-order valence-electron chi connectivity index (χ0n) is 16.5. The molecule has 0 saturated heterocycles. The highest BCUT2D eigenvalue weighted by molar-refractivity contribution is 5.91. The van der Waals surface area contributed by atoms with E-state index in [9.17, 15) is 9.59 Å². The Kier molecular flexibility index (Phi) is 4.24. The summed E-state index contributed by atoms with van der Waals surface area (Å²) < 4.78 is 10.4. The van der Waals surface area contributed by atoms with Gasteiger partial charge < -0.3 is 9.47 Å². The molecule has 0 N–H and O–H groups in total. The Labute approximate surface area is 156 Å². The highest BCUT2D eigenvalue weighted by Gasteiger charge is 2.61. The highest BCUT2D eigenvalue weighted by atomic mass is 16.7. The van der Waals surface area contributed by atoms with E-state index in [-0.39, 0.29) is 16.9 Å². The second-order valence-corrected chi connectivity index (χ2v) is 9.71. The number of fused-ring (bicyclic) bond motifs is 5. The van der Waals surface area contributed by atoms with E-state index in [0.717, 1.165) is 32.1 Å². The van der Waals surface area contributed by atoms with Crippen LogP contribution in [-0.4, -0.2) is 25.2 Å². The minimum absolute atomic E-state index is 0.0224. The molecule has 0 amide bonds. The number of allylic oxidation sites excluding steroid dienone is 1. The Balaban J connectivity index is 1.64. The maximum absolute atomic E-state index is 12.0. The van der Waals surface area contributed by atoms with Gasteiger partial charge in [0.1, 0.15) is 6.10 Å². The largest absolute Gasteiger partial charge is 0.508 e. The lowest BCUT2D eigenvalue weighted by Gasteiger charge is -2.59. The number of carbonyl (C=O) groups excluding carboxylic acids is 2. The van der Waals surface area contributed by atoms with Gasteiger partial charge in [0.15, 0.2) is 5.78 Å². The molecule has 4 heteroatoms. The fraction of sp³-hybridized carbons (Fsp3) is 0.818. The van der Waals surface area contributed by atoms with Crippen molar-refractivity contribution < 1.29 is 19.1 Å². The van der Waals surface area contributed by atoms with Crippen LogP contribution in [0.1, 0.15) is 65.7 Å². The average Bonchev–Trinajstić information content (AvgIpc) is 2.93. The molecule has 0 radical (unpaired) electrons. The smallest absolute Gasteiger partial charge is 0.438 e. The van der Waals surface area contributed by atoms with Gasteiger partial charge in [-0.2, -0.15) is 0 Å². The molecule has 3 fully saturated rings. The van der Waals surface area contributed by atoms with Crippen LogP contribution in [0.3, 0.4) is 0 Å². The van der Waals surface area contributed by atoms with Crippen molar-refractivity contribution in [1.82, 2.24) is 0 Å². The third kappa shape index (κ3) is 2.47. The lowest BCUT2D eigenvalue weighted by atomic mass is 9.45. The van der Waals surface area contributed by atoms with Crippen LogP contribution in [0, 0.1) is 34.5 Å². The van der Waals surface area contributed by atoms with E-state index in [1.807, 2.05) is 6.08 Å². The van der Waals surface area contributed by atoms with Crippen molar-refractivity contribution in [2.24, 2.45) is 34.5 Å². The molecule has 144 valence electrons. The van der Waals surface area contributed by atoms with Gasteiger partial charge in [0.2, 0.25) is 0 Å². The summed E-state index contributed by atoms with van der Waals surface area (Å²) in [5, 5.41) is 0. The summed E-state index contributed by atoms with van der Waals surface area (Å²) in [6, 6.07) is 0. The lowest BCUT2D eigenvalue weighted by Crippen LogP contribution is -2.54. The summed E-state index contributed by atoms with van der Waals surface area (Å²) in [6.07, 6.45) is 8.53. The van der Waals surface area contributed by atoms with Gasteiger partial charge in [-0.05, 0) is 73.7 Å². The van der Waals surface area contributed by atoms with Crippen LogP contribution in [0.25, 0.3) is 0 Å². The molecule has 4 aliphatic rings. The summed E-state index contributed by atoms with van der Waals surface area (Å²) in [6.45, 7) is 7.12. The number of hydrogen-bond acceptors (Lipinski definition) is 4. The quantitative estimate of drug-likeness (QED) is 0.623. The standard InChI is InChI=1S/C22H32O4/c1-13-11-14-12-15(23)7-9-21(14,2)17-8-10-22(3)16(19(13)17)5-6-18(22)26-20(24)25-4/h12-13,16-19H,5-11H2,1-4H3/t13-,16?,17?,18+,19?,21+,22+/m1/s1. The monoisotopic (exact) mass is 360 g/mol. The molecular weight excluding hydrogens is 328 g/mol. The van der Waals surface area contributed by atoms with Crippen LogP contribution >= 0.6 is 0 Å². The first-order chi connectivity index (χ1) is 12.3. The minimum atomic E-state index is -0.543. The van der Waals surface area contributed by atoms with E-state index >= 15 is 0 Å². The molecule has 0 spiro atoms. The molecular formula is C22H32O4. The van der Waals surface area contributed by atoms with E-state index in [1.165, 1.54) is 19.1 Å². The Morgan fingerprint density at radius 1 is 1.15 bits per heavy atom. The second kappa shape index (κ2) is 6.10. The Morgan fingerprint density at radius 3 is 2.65 bits per heavy atom. The molecule has 0 aromatic carbocycles. The first-order valence-electron chi connectivity index (χ1n) is 10.3. The molecule has 0 aliphatic heterocycles. The Bertz CT molecular complexity index is 653. The van der Waals surface area contributed by atoms with Gasteiger partial charge in [-0.1, -0.05) is 26.3 Å². The molecule has 7 atom stereocenters. The molecule has 4 rings (SSSR count). The molecule has 3 saturated carbocycles. The third-order valence-corrected chi connectivity index (χ3v) is 8.63. The van der Waals surface area contributed by atoms with Crippen LogP contribution < -0.4 is 0 Å². The number of ether oxygens (including phenoxy) is 2.